The van der Waals surface area contributed by atoms with Crippen LogP contribution in [0.15, 0.2) is 5.11 Å². The van der Waals surface area contributed by atoms with Crippen molar-refractivity contribution >= 4 is 0 Å². The number of halogens is 1. The maximum Gasteiger partial charge on any atom is 0.169 e. The van der Waals surface area contributed by atoms with Crippen LogP contribution in [-0.4, -0.2) is 42.4 Å². The van der Waals surface area contributed by atoms with Crippen LogP contribution in [0, 0.1) is 0 Å². The molecule has 0 aromatic heterocycles. The molecule has 2 rings (SSSR count). The molecule has 5 atom stereocenters. The molecular formula is C6H8FN3O3. The van der Waals surface area contributed by atoms with Crippen LogP contribution in [0.5, 0.6) is 0 Å². The predicted molar refractivity (Wildman–Crippen MR) is 38.4 cm³/mol. The van der Waals surface area contributed by atoms with Gasteiger partial charge < -0.3 is 14.6 Å². The van der Waals surface area contributed by atoms with E-state index in [4.69, 9.17) is 15.0 Å². The number of rotatable bonds is 1. The van der Waals surface area contributed by atoms with Gasteiger partial charge >= 0.3 is 0 Å². The van der Waals surface area contributed by atoms with Crippen molar-refractivity contribution in [1.29, 1.82) is 0 Å². The number of hydrogen-bond acceptors (Lipinski definition) is 4. The van der Waals surface area contributed by atoms with E-state index in [1.807, 2.05) is 0 Å². The molecule has 2 fully saturated rings. The largest absolute Gasteiger partial charge is 0.387 e. The van der Waals surface area contributed by atoms with E-state index >= 15 is 0 Å². The average molecular weight is 189 g/mol. The topological polar surface area (TPSA) is 87.5 Å². The van der Waals surface area contributed by atoms with Crippen LogP contribution in [0.2, 0.25) is 0 Å². The van der Waals surface area contributed by atoms with Crippen molar-refractivity contribution in [3.8, 4) is 0 Å². The highest BCUT2D eigenvalue weighted by Crippen LogP contribution is 2.31. The van der Waals surface area contributed by atoms with Crippen LogP contribution in [-0.2, 0) is 9.47 Å². The standard InChI is InChI=1S/C6H8FN3O3/c7-3-4(9-10-8)6-12-1-2(13-6)5(3)11/h2-6,11H,1H2/t2-,3-,4-,5-,6-/m1/s1. The highest BCUT2D eigenvalue weighted by molar-refractivity contribution is 4.97. The number of azide groups is 1. The SMILES string of the molecule is [N-]=[N+]=N[C@H]1[C@@H]2OC[C@@H](O2)[C@@H](O)[C@@H]1F. The van der Waals surface area contributed by atoms with Gasteiger partial charge in [0.25, 0.3) is 0 Å². The number of aliphatic hydroxyl groups excluding tert-OH is 1. The van der Waals surface area contributed by atoms with Gasteiger partial charge in [-0.05, 0) is 5.53 Å². The van der Waals surface area contributed by atoms with Gasteiger partial charge in [-0.25, -0.2) is 4.39 Å². The lowest BCUT2D eigenvalue weighted by atomic mass is 10.0. The maximum atomic E-state index is 13.3. The Balaban J connectivity index is 2.21. The Morgan fingerprint density at radius 3 is 3.08 bits per heavy atom. The molecule has 2 heterocycles. The van der Waals surface area contributed by atoms with E-state index in [1.54, 1.807) is 0 Å². The molecule has 0 amide bonds. The molecule has 0 aromatic carbocycles. The predicted octanol–water partition coefficient (Wildman–Crippen LogP) is 0.119. The van der Waals surface area contributed by atoms with E-state index in [9.17, 15) is 9.50 Å². The van der Waals surface area contributed by atoms with Crippen molar-refractivity contribution in [2.24, 2.45) is 5.11 Å². The van der Waals surface area contributed by atoms with Crippen molar-refractivity contribution in [3.05, 3.63) is 10.4 Å². The molecule has 0 aliphatic carbocycles. The Labute approximate surface area is 72.9 Å². The molecule has 0 radical (unpaired) electrons. The minimum absolute atomic E-state index is 0.143. The highest BCUT2D eigenvalue weighted by Gasteiger charge is 2.50. The van der Waals surface area contributed by atoms with Crippen LogP contribution in [0.1, 0.15) is 0 Å². The average Bonchev–Trinajstić information content (AvgIpc) is 2.56. The number of alkyl halides is 1. The normalized spacial score (nSPS) is 48.6. The summed E-state index contributed by atoms with van der Waals surface area (Å²) in [5.41, 5.74) is 8.15. The number of nitrogens with zero attached hydrogens (tertiary/aromatic N) is 3. The van der Waals surface area contributed by atoms with Crippen LogP contribution < -0.4 is 0 Å². The Morgan fingerprint density at radius 1 is 1.62 bits per heavy atom. The first kappa shape index (κ1) is 8.71. The van der Waals surface area contributed by atoms with Crippen molar-refractivity contribution in [2.75, 3.05) is 6.61 Å². The first-order valence-electron chi connectivity index (χ1n) is 3.87. The van der Waals surface area contributed by atoms with Gasteiger partial charge in [0.15, 0.2) is 6.29 Å². The molecule has 2 bridgehead atoms. The fourth-order valence-electron chi connectivity index (χ4n) is 1.53. The second-order valence-electron chi connectivity index (χ2n) is 3.01. The molecule has 2 aliphatic rings. The molecule has 0 saturated carbocycles. The zero-order chi connectivity index (χ0) is 9.42. The van der Waals surface area contributed by atoms with E-state index in [2.05, 4.69) is 10.0 Å². The summed E-state index contributed by atoms with van der Waals surface area (Å²) in [7, 11) is 0. The summed E-state index contributed by atoms with van der Waals surface area (Å²) in [4.78, 5) is 2.47. The number of hydrogen-bond donors (Lipinski definition) is 1. The van der Waals surface area contributed by atoms with Gasteiger partial charge in [-0.2, -0.15) is 0 Å². The molecule has 0 aromatic rings. The zero-order valence-electron chi connectivity index (χ0n) is 6.58. The highest BCUT2D eigenvalue weighted by atomic mass is 19.1. The van der Waals surface area contributed by atoms with Crippen molar-refractivity contribution in [3.63, 3.8) is 0 Å². The second-order valence-corrected chi connectivity index (χ2v) is 3.01. The summed E-state index contributed by atoms with van der Waals surface area (Å²) in [6, 6.07) is -1.08. The molecule has 2 aliphatic heterocycles. The summed E-state index contributed by atoms with van der Waals surface area (Å²) in [6.07, 6.45) is -4.36. The fourth-order valence-corrected chi connectivity index (χ4v) is 1.53. The monoisotopic (exact) mass is 189 g/mol. The van der Waals surface area contributed by atoms with Crippen LogP contribution in [0.3, 0.4) is 0 Å². The van der Waals surface area contributed by atoms with E-state index in [1.165, 1.54) is 0 Å². The van der Waals surface area contributed by atoms with E-state index in [0.29, 0.717) is 0 Å². The summed E-state index contributed by atoms with van der Waals surface area (Å²) in [5.74, 6) is 0. The lowest BCUT2D eigenvalue weighted by Gasteiger charge is -2.31. The third-order valence-corrected chi connectivity index (χ3v) is 2.23. The summed E-state index contributed by atoms with van der Waals surface area (Å²) >= 11 is 0. The first-order chi connectivity index (χ1) is 6.24. The van der Waals surface area contributed by atoms with Crippen LogP contribution in [0.25, 0.3) is 10.4 Å². The lowest BCUT2D eigenvalue weighted by molar-refractivity contribution is -0.160. The molecule has 7 heteroatoms. The van der Waals surface area contributed by atoms with Gasteiger partial charge in [0, 0.05) is 4.91 Å². The van der Waals surface area contributed by atoms with Crippen molar-refractivity contribution in [1.82, 2.24) is 0 Å². The Kier molecular flexibility index (Phi) is 2.09. The Morgan fingerprint density at radius 2 is 2.38 bits per heavy atom. The minimum Gasteiger partial charge on any atom is -0.387 e. The van der Waals surface area contributed by atoms with Crippen LogP contribution >= 0.6 is 0 Å². The molecule has 2 saturated heterocycles. The van der Waals surface area contributed by atoms with Crippen LogP contribution in [0.4, 0.5) is 4.39 Å². The quantitative estimate of drug-likeness (QED) is 0.361. The number of fused-ring (bicyclic) bond motifs is 2. The molecule has 0 spiro atoms. The minimum atomic E-state index is -1.61. The first-order valence-corrected chi connectivity index (χ1v) is 3.87. The lowest BCUT2D eigenvalue weighted by Crippen LogP contribution is -2.50. The zero-order valence-corrected chi connectivity index (χ0v) is 6.58. The van der Waals surface area contributed by atoms with Gasteiger partial charge in [-0.1, -0.05) is 5.11 Å². The fraction of sp³-hybridized carbons (Fsp3) is 1.00. The van der Waals surface area contributed by atoms with Gasteiger partial charge in [-0.15, -0.1) is 0 Å². The summed E-state index contributed by atoms with van der Waals surface area (Å²) in [5, 5.41) is 12.5. The molecule has 0 unspecified atom stereocenters. The number of ether oxygens (including phenoxy) is 2. The maximum absolute atomic E-state index is 13.3. The Hall–Kier alpha value is -0.880. The molecule has 72 valence electrons. The third-order valence-electron chi connectivity index (χ3n) is 2.23. The molecule has 13 heavy (non-hydrogen) atoms. The Bertz CT molecular complexity index is 258. The van der Waals surface area contributed by atoms with Crippen molar-refractivity contribution in [2.45, 2.75) is 30.7 Å². The molecule has 6 nitrogen and oxygen atoms in total. The van der Waals surface area contributed by atoms with E-state index in [0.717, 1.165) is 0 Å². The van der Waals surface area contributed by atoms with Gasteiger partial charge in [0.1, 0.15) is 24.4 Å². The molecule has 1 N–H and O–H groups in total. The van der Waals surface area contributed by atoms with E-state index in [-0.39, 0.29) is 6.61 Å². The van der Waals surface area contributed by atoms with E-state index < -0.39 is 30.7 Å². The summed E-state index contributed by atoms with van der Waals surface area (Å²) in [6.45, 7) is 0.143. The molecular weight excluding hydrogens is 181 g/mol. The van der Waals surface area contributed by atoms with Crippen molar-refractivity contribution < 1.29 is 19.0 Å². The number of aliphatic hydroxyl groups is 1. The van der Waals surface area contributed by atoms with Gasteiger partial charge in [0.05, 0.1) is 6.61 Å². The second kappa shape index (κ2) is 3.12. The smallest absolute Gasteiger partial charge is 0.169 e. The van der Waals surface area contributed by atoms with Gasteiger partial charge in [0.2, 0.25) is 0 Å². The van der Waals surface area contributed by atoms with Gasteiger partial charge in [-0.3, -0.25) is 0 Å². The summed E-state index contributed by atoms with van der Waals surface area (Å²) < 4.78 is 23.4. The third kappa shape index (κ3) is 1.26.